The van der Waals surface area contributed by atoms with E-state index in [1.54, 1.807) is 24.3 Å². The van der Waals surface area contributed by atoms with Crippen LogP contribution in [0.15, 0.2) is 57.0 Å². The summed E-state index contributed by atoms with van der Waals surface area (Å²) < 4.78 is 1.97. The zero-order valence-corrected chi connectivity index (χ0v) is 19.0. The molecular weight excluding hydrogens is 480 g/mol. The molecule has 3 aromatic rings. The number of carboxylic acids is 1. The fourth-order valence-electron chi connectivity index (χ4n) is 3.71. The van der Waals surface area contributed by atoms with Gasteiger partial charge in [-0.1, -0.05) is 23.7 Å². The number of fused-ring (bicyclic) bond motifs is 1. The lowest BCUT2D eigenvalue weighted by molar-refractivity contribution is -0.137. The number of carboxylic acid groups (broad SMARTS) is 1. The number of aromatic nitrogens is 3. The SMILES string of the molecule is C[C@@H](CC(=O)O)n1c(=O)[nH]/c(=N\c2ccc3c(c2)C(=O)N(N)C3=O)n(Cc2ccc(Cl)cc2)c1=O. The zero-order valence-electron chi connectivity index (χ0n) is 18.3. The molecule has 13 heteroatoms. The molecule has 0 saturated heterocycles. The second-order valence-electron chi connectivity index (χ2n) is 7.89. The van der Waals surface area contributed by atoms with Crippen molar-refractivity contribution in [2.24, 2.45) is 10.8 Å². The highest BCUT2D eigenvalue weighted by Gasteiger charge is 2.33. The normalized spacial score (nSPS) is 14.4. The smallest absolute Gasteiger partial charge is 0.335 e. The molecule has 0 unspecified atom stereocenters. The monoisotopic (exact) mass is 498 g/mol. The van der Waals surface area contributed by atoms with Crippen molar-refractivity contribution in [3.63, 3.8) is 0 Å². The predicted molar refractivity (Wildman–Crippen MR) is 123 cm³/mol. The van der Waals surface area contributed by atoms with E-state index in [1.165, 1.54) is 29.7 Å². The number of carbonyl (C=O) groups excluding carboxylic acids is 2. The number of hydrogen-bond donors (Lipinski definition) is 3. The highest BCUT2D eigenvalue weighted by molar-refractivity contribution is 6.30. The first-order valence-corrected chi connectivity index (χ1v) is 10.7. The summed E-state index contributed by atoms with van der Waals surface area (Å²) in [6, 6.07) is 9.83. The molecule has 2 aromatic carbocycles. The van der Waals surface area contributed by atoms with Gasteiger partial charge in [-0.05, 0) is 42.8 Å². The molecule has 4 rings (SSSR count). The van der Waals surface area contributed by atoms with Crippen LogP contribution >= 0.6 is 11.6 Å². The maximum Gasteiger partial charge on any atom is 0.335 e. The average Bonchev–Trinajstić information content (AvgIpc) is 3.01. The van der Waals surface area contributed by atoms with Gasteiger partial charge in [0.25, 0.3) is 11.8 Å². The molecule has 1 atom stereocenters. The van der Waals surface area contributed by atoms with Crippen LogP contribution < -0.4 is 22.8 Å². The minimum Gasteiger partial charge on any atom is -0.481 e. The van der Waals surface area contributed by atoms with Gasteiger partial charge in [0.15, 0.2) is 0 Å². The molecule has 1 aromatic heterocycles. The highest BCUT2D eigenvalue weighted by atomic mass is 35.5. The number of imide groups is 1. The van der Waals surface area contributed by atoms with Crippen molar-refractivity contribution in [1.29, 1.82) is 0 Å². The Labute approximate surface area is 201 Å². The molecular formula is C22H19ClN6O6. The van der Waals surface area contributed by atoms with E-state index < -0.39 is 41.6 Å². The van der Waals surface area contributed by atoms with Gasteiger partial charge in [-0.15, -0.1) is 0 Å². The first-order valence-electron chi connectivity index (χ1n) is 10.3. The lowest BCUT2D eigenvalue weighted by Gasteiger charge is -2.15. The summed E-state index contributed by atoms with van der Waals surface area (Å²) in [5.74, 6) is 2.94. The highest BCUT2D eigenvalue weighted by Crippen LogP contribution is 2.25. The number of H-pyrrole nitrogens is 1. The Bertz CT molecular complexity index is 1550. The Morgan fingerprint density at radius 2 is 1.74 bits per heavy atom. The van der Waals surface area contributed by atoms with Crippen LogP contribution in [-0.4, -0.2) is 42.0 Å². The molecule has 2 heterocycles. The topological polar surface area (TPSA) is 173 Å². The standard InChI is InChI=1S/C22H19ClN6O6/c1-11(8-17(30)31)28-21(34)26-20(27(22(28)35)10-12-2-4-13(23)5-3-12)25-14-6-7-15-16(9-14)19(33)29(24)18(15)32/h2-7,9,11H,8,10,24H2,1H3,(H,30,31)(H,25,26,34)/t11-/m0/s1. The summed E-state index contributed by atoms with van der Waals surface area (Å²) >= 11 is 5.94. The van der Waals surface area contributed by atoms with Crippen LogP contribution in [0.25, 0.3) is 0 Å². The van der Waals surface area contributed by atoms with E-state index in [1.807, 2.05) is 0 Å². The van der Waals surface area contributed by atoms with Crippen molar-refractivity contribution >= 4 is 35.1 Å². The van der Waals surface area contributed by atoms with E-state index >= 15 is 0 Å². The van der Waals surface area contributed by atoms with Gasteiger partial charge in [-0.3, -0.25) is 23.9 Å². The number of nitrogens with two attached hydrogens (primary N) is 1. The number of hydrazine groups is 1. The number of rotatable bonds is 6. The van der Waals surface area contributed by atoms with Crippen LogP contribution in [0.3, 0.4) is 0 Å². The predicted octanol–water partition coefficient (Wildman–Crippen LogP) is 0.778. The van der Waals surface area contributed by atoms with Crippen LogP contribution in [0.4, 0.5) is 5.69 Å². The third-order valence-electron chi connectivity index (χ3n) is 5.43. The first-order chi connectivity index (χ1) is 16.6. The zero-order chi connectivity index (χ0) is 25.4. The first kappa shape index (κ1) is 23.9. The number of nitrogens with zero attached hydrogens (tertiary/aromatic N) is 4. The number of carbonyl (C=O) groups is 3. The van der Waals surface area contributed by atoms with E-state index in [0.29, 0.717) is 15.6 Å². The molecule has 1 aliphatic heterocycles. The number of aromatic amines is 1. The Hall–Kier alpha value is -4.29. The van der Waals surface area contributed by atoms with E-state index in [9.17, 15) is 24.0 Å². The Morgan fingerprint density at radius 3 is 2.40 bits per heavy atom. The average molecular weight is 499 g/mol. The molecule has 2 amide bonds. The molecule has 35 heavy (non-hydrogen) atoms. The summed E-state index contributed by atoms with van der Waals surface area (Å²) in [6.07, 6.45) is -0.447. The molecule has 0 radical (unpaired) electrons. The van der Waals surface area contributed by atoms with Gasteiger partial charge >= 0.3 is 17.3 Å². The maximum atomic E-state index is 13.3. The Morgan fingerprint density at radius 1 is 1.09 bits per heavy atom. The second-order valence-corrected chi connectivity index (χ2v) is 8.32. The fraction of sp³-hybridized carbons (Fsp3) is 0.182. The summed E-state index contributed by atoms with van der Waals surface area (Å²) in [7, 11) is 0. The lowest BCUT2D eigenvalue weighted by Crippen LogP contribution is -2.51. The number of amides is 2. The van der Waals surface area contributed by atoms with Gasteiger partial charge in [0.1, 0.15) is 0 Å². The minimum absolute atomic E-state index is 0.0235. The van der Waals surface area contributed by atoms with Crippen molar-refractivity contribution in [1.82, 2.24) is 19.1 Å². The third kappa shape index (κ3) is 4.56. The van der Waals surface area contributed by atoms with Crippen molar-refractivity contribution in [3.05, 3.63) is 90.8 Å². The van der Waals surface area contributed by atoms with E-state index in [0.717, 1.165) is 4.57 Å². The molecule has 180 valence electrons. The molecule has 12 nitrogen and oxygen atoms in total. The summed E-state index contributed by atoms with van der Waals surface area (Å²) in [6.45, 7) is 1.42. The summed E-state index contributed by atoms with van der Waals surface area (Å²) in [5.41, 5.74) is -0.796. The molecule has 0 aliphatic carbocycles. The summed E-state index contributed by atoms with van der Waals surface area (Å²) in [5, 5.41) is 10.1. The van der Waals surface area contributed by atoms with Crippen molar-refractivity contribution in [3.8, 4) is 0 Å². The van der Waals surface area contributed by atoms with E-state index in [-0.39, 0.29) is 29.0 Å². The number of nitrogens with one attached hydrogen (secondary N) is 1. The maximum absolute atomic E-state index is 13.3. The Balaban J connectivity index is 1.90. The van der Waals surface area contributed by atoms with Gasteiger partial charge in [0, 0.05) is 5.02 Å². The molecule has 0 saturated carbocycles. The van der Waals surface area contributed by atoms with Crippen molar-refractivity contribution < 1.29 is 19.5 Å². The Kier molecular flexibility index (Phi) is 6.24. The number of benzene rings is 2. The minimum atomic E-state index is -1.17. The van der Waals surface area contributed by atoms with Crippen LogP contribution in [0.5, 0.6) is 0 Å². The molecule has 0 fully saturated rings. The molecule has 0 spiro atoms. The number of aliphatic carboxylic acids is 1. The van der Waals surface area contributed by atoms with Crippen molar-refractivity contribution in [2.75, 3.05) is 0 Å². The van der Waals surface area contributed by atoms with Crippen molar-refractivity contribution in [2.45, 2.75) is 25.9 Å². The van der Waals surface area contributed by atoms with Crippen LogP contribution in [-0.2, 0) is 11.3 Å². The van der Waals surface area contributed by atoms with Gasteiger partial charge in [0.2, 0.25) is 5.62 Å². The van der Waals surface area contributed by atoms with Gasteiger partial charge in [0.05, 0.1) is 35.8 Å². The lowest BCUT2D eigenvalue weighted by atomic mass is 10.1. The summed E-state index contributed by atoms with van der Waals surface area (Å²) in [4.78, 5) is 68.3. The molecule has 0 bridgehead atoms. The van der Waals surface area contributed by atoms with Gasteiger partial charge in [-0.2, -0.15) is 0 Å². The van der Waals surface area contributed by atoms with Crippen LogP contribution in [0.1, 0.15) is 45.7 Å². The van der Waals surface area contributed by atoms with Crippen LogP contribution in [0, 0.1) is 0 Å². The molecule has 4 N–H and O–H groups in total. The second kappa shape index (κ2) is 9.16. The molecule has 1 aliphatic rings. The van der Waals surface area contributed by atoms with Gasteiger partial charge < -0.3 is 5.11 Å². The van der Waals surface area contributed by atoms with E-state index in [2.05, 4.69) is 9.98 Å². The van der Waals surface area contributed by atoms with Crippen LogP contribution in [0.2, 0.25) is 5.02 Å². The van der Waals surface area contributed by atoms with Gasteiger partial charge in [-0.25, -0.2) is 30.0 Å². The third-order valence-corrected chi connectivity index (χ3v) is 5.68. The quantitative estimate of drug-likeness (QED) is 0.256. The largest absolute Gasteiger partial charge is 0.481 e. The van der Waals surface area contributed by atoms with E-state index in [4.69, 9.17) is 22.6 Å². The number of hydrogen-bond acceptors (Lipinski definition) is 7. The fourth-order valence-corrected chi connectivity index (χ4v) is 3.83. The number of halogens is 1.